The van der Waals surface area contributed by atoms with E-state index in [0.29, 0.717) is 23.4 Å². The molecule has 1 aromatic carbocycles. The molecule has 0 unspecified atom stereocenters. The molecule has 0 amide bonds. The van der Waals surface area contributed by atoms with Crippen LogP contribution < -0.4 is 5.32 Å². The van der Waals surface area contributed by atoms with E-state index in [9.17, 15) is 5.11 Å². The van der Waals surface area contributed by atoms with Crippen molar-refractivity contribution < 1.29 is 5.11 Å². The lowest BCUT2D eigenvalue weighted by molar-refractivity contribution is 0.305. The second-order valence-corrected chi connectivity index (χ2v) is 5.55. The summed E-state index contributed by atoms with van der Waals surface area (Å²) in [6.45, 7) is 3.02. The number of phenols is 1. The second-order valence-electron chi connectivity index (χ2n) is 5.11. The molecule has 1 aliphatic rings. The van der Waals surface area contributed by atoms with Gasteiger partial charge < -0.3 is 10.4 Å². The van der Waals surface area contributed by atoms with Gasteiger partial charge in [0.15, 0.2) is 0 Å². The van der Waals surface area contributed by atoms with Crippen molar-refractivity contribution in [1.82, 2.24) is 5.32 Å². The first-order valence-corrected chi connectivity index (χ1v) is 6.73. The molecule has 0 aliphatic heterocycles. The van der Waals surface area contributed by atoms with Crippen LogP contribution >= 0.6 is 11.6 Å². The van der Waals surface area contributed by atoms with Gasteiger partial charge in [-0.25, -0.2) is 0 Å². The molecule has 0 bridgehead atoms. The fraction of sp³-hybridized carbons (Fsp3) is 0.571. The number of halogens is 1. The molecule has 2 rings (SSSR count). The zero-order valence-corrected chi connectivity index (χ0v) is 11.0. The van der Waals surface area contributed by atoms with Crippen LogP contribution in [0.1, 0.15) is 38.2 Å². The maximum absolute atomic E-state index is 9.71. The first kappa shape index (κ1) is 12.7. The lowest BCUT2D eigenvalue weighted by Gasteiger charge is -2.27. The molecule has 2 N–H and O–H groups in total. The molecule has 1 fully saturated rings. The van der Waals surface area contributed by atoms with Gasteiger partial charge in [-0.2, -0.15) is 0 Å². The molecular weight excluding hydrogens is 234 g/mol. The molecule has 0 aromatic heterocycles. The van der Waals surface area contributed by atoms with Crippen molar-refractivity contribution in [2.24, 2.45) is 5.92 Å². The molecule has 1 aliphatic carbocycles. The van der Waals surface area contributed by atoms with Gasteiger partial charge in [-0.3, -0.25) is 0 Å². The van der Waals surface area contributed by atoms with Crippen LogP contribution in [0.15, 0.2) is 18.2 Å². The van der Waals surface area contributed by atoms with Crippen LogP contribution in [0, 0.1) is 5.92 Å². The number of phenolic OH excluding ortho intramolecular Hbond substituents is 1. The van der Waals surface area contributed by atoms with E-state index < -0.39 is 0 Å². The van der Waals surface area contributed by atoms with E-state index in [-0.39, 0.29) is 0 Å². The molecule has 17 heavy (non-hydrogen) atoms. The fourth-order valence-electron chi connectivity index (χ4n) is 2.41. The zero-order valence-electron chi connectivity index (χ0n) is 10.2. The van der Waals surface area contributed by atoms with Crippen LogP contribution in [0.3, 0.4) is 0 Å². The molecular formula is C14H20ClNO. The third-order valence-electron chi connectivity index (χ3n) is 3.64. The van der Waals surface area contributed by atoms with E-state index >= 15 is 0 Å². The van der Waals surface area contributed by atoms with Crippen molar-refractivity contribution in [3.63, 3.8) is 0 Å². The fourth-order valence-corrected chi connectivity index (χ4v) is 2.61. The van der Waals surface area contributed by atoms with Gasteiger partial charge in [0, 0.05) is 23.2 Å². The van der Waals surface area contributed by atoms with Gasteiger partial charge in [0.25, 0.3) is 0 Å². The van der Waals surface area contributed by atoms with Crippen molar-refractivity contribution >= 4 is 11.6 Å². The SMILES string of the molecule is CC1CCC(NCc2cc(Cl)ccc2O)CC1. The minimum absolute atomic E-state index is 0.325. The van der Waals surface area contributed by atoms with Gasteiger partial charge in [-0.05, 0) is 49.8 Å². The van der Waals surface area contributed by atoms with E-state index in [0.717, 1.165) is 11.5 Å². The van der Waals surface area contributed by atoms with Crippen LogP contribution in [0.2, 0.25) is 5.02 Å². The van der Waals surface area contributed by atoms with Gasteiger partial charge in [0.2, 0.25) is 0 Å². The van der Waals surface area contributed by atoms with Gasteiger partial charge >= 0.3 is 0 Å². The van der Waals surface area contributed by atoms with Crippen molar-refractivity contribution in [3.05, 3.63) is 28.8 Å². The number of aromatic hydroxyl groups is 1. The number of rotatable bonds is 3. The Bertz CT molecular complexity index is 372. The summed E-state index contributed by atoms with van der Waals surface area (Å²) < 4.78 is 0. The predicted molar refractivity (Wildman–Crippen MR) is 71.4 cm³/mol. The van der Waals surface area contributed by atoms with Gasteiger partial charge in [-0.15, -0.1) is 0 Å². The van der Waals surface area contributed by atoms with Crippen molar-refractivity contribution in [3.8, 4) is 5.75 Å². The molecule has 0 radical (unpaired) electrons. The zero-order chi connectivity index (χ0) is 12.3. The average molecular weight is 254 g/mol. The van der Waals surface area contributed by atoms with Gasteiger partial charge in [0.05, 0.1) is 0 Å². The van der Waals surface area contributed by atoms with E-state index in [1.54, 1.807) is 12.1 Å². The summed E-state index contributed by atoms with van der Waals surface area (Å²) >= 11 is 5.92. The Morgan fingerprint density at radius 1 is 1.29 bits per heavy atom. The third-order valence-corrected chi connectivity index (χ3v) is 3.87. The number of benzene rings is 1. The molecule has 1 aromatic rings. The monoisotopic (exact) mass is 253 g/mol. The summed E-state index contributed by atoms with van der Waals surface area (Å²) in [4.78, 5) is 0. The van der Waals surface area contributed by atoms with Crippen LogP contribution in [0.4, 0.5) is 0 Å². The summed E-state index contributed by atoms with van der Waals surface area (Å²) in [5.74, 6) is 1.19. The maximum atomic E-state index is 9.71. The van der Waals surface area contributed by atoms with Gasteiger partial charge in [-0.1, -0.05) is 18.5 Å². The van der Waals surface area contributed by atoms with Crippen LogP contribution in [0.25, 0.3) is 0 Å². The molecule has 1 saturated carbocycles. The van der Waals surface area contributed by atoms with E-state index in [1.807, 2.05) is 6.07 Å². The van der Waals surface area contributed by atoms with Gasteiger partial charge in [0.1, 0.15) is 5.75 Å². The molecule has 3 heteroatoms. The molecule has 2 nitrogen and oxygen atoms in total. The first-order chi connectivity index (χ1) is 8.15. The standard InChI is InChI=1S/C14H20ClNO/c1-10-2-5-13(6-3-10)16-9-11-8-12(15)4-7-14(11)17/h4,7-8,10,13,16-17H,2-3,5-6,9H2,1H3. The van der Waals surface area contributed by atoms with E-state index in [4.69, 9.17) is 11.6 Å². The summed E-state index contributed by atoms with van der Waals surface area (Å²) in [6, 6.07) is 5.78. The second kappa shape index (κ2) is 5.74. The predicted octanol–water partition coefficient (Wildman–Crippen LogP) is 3.71. The summed E-state index contributed by atoms with van der Waals surface area (Å²) in [7, 11) is 0. The first-order valence-electron chi connectivity index (χ1n) is 6.36. The van der Waals surface area contributed by atoms with Crippen LogP contribution in [-0.4, -0.2) is 11.1 Å². The summed E-state index contributed by atoms with van der Waals surface area (Å²) in [6.07, 6.45) is 5.09. The Kier molecular flexibility index (Phi) is 4.30. The topological polar surface area (TPSA) is 32.3 Å². The summed E-state index contributed by atoms with van der Waals surface area (Å²) in [5, 5.41) is 13.9. The molecule has 0 atom stereocenters. The minimum atomic E-state index is 0.325. The highest BCUT2D eigenvalue weighted by molar-refractivity contribution is 6.30. The Hall–Kier alpha value is -0.730. The Balaban J connectivity index is 1.87. The van der Waals surface area contributed by atoms with Crippen molar-refractivity contribution in [2.75, 3.05) is 0 Å². The Labute approximate surface area is 108 Å². The number of hydrogen-bond acceptors (Lipinski definition) is 2. The molecule has 94 valence electrons. The van der Waals surface area contributed by atoms with E-state index in [1.165, 1.54) is 25.7 Å². The largest absolute Gasteiger partial charge is 0.508 e. The molecule has 0 spiro atoms. The quantitative estimate of drug-likeness (QED) is 0.861. The third kappa shape index (κ3) is 3.62. The highest BCUT2D eigenvalue weighted by atomic mass is 35.5. The Morgan fingerprint density at radius 3 is 2.71 bits per heavy atom. The minimum Gasteiger partial charge on any atom is -0.508 e. The Morgan fingerprint density at radius 2 is 2.00 bits per heavy atom. The lowest BCUT2D eigenvalue weighted by Crippen LogP contribution is -2.32. The van der Waals surface area contributed by atoms with Crippen LogP contribution in [-0.2, 0) is 6.54 Å². The van der Waals surface area contributed by atoms with Crippen LogP contribution in [0.5, 0.6) is 5.75 Å². The van der Waals surface area contributed by atoms with E-state index in [2.05, 4.69) is 12.2 Å². The van der Waals surface area contributed by atoms with Crippen molar-refractivity contribution in [1.29, 1.82) is 0 Å². The highest BCUT2D eigenvalue weighted by Crippen LogP contribution is 2.25. The average Bonchev–Trinajstić information content (AvgIpc) is 2.32. The lowest BCUT2D eigenvalue weighted by atomic mass is 9.87. The molecule has 0 saturated heterocycles. The maximum Gasteiger partial charge on any atom is 0.120 e. The number of hydrogen-bond donors (Lipinski definition) is 2. The highest BCUT2D eigenvalue weighted by Gasteiger charge is 2.17. The molecule has 0 heterocycles. The smallest absolute Gasteiger partial charge is 0.120 e. The number of nitrogens with one attached hydrogen (secondary N) is 1. The summed E-state index contributed by atoms with van der Waals surface area (Å²) in [5.41, 5.74) is 0.885. The van der Waals surface area contributed by atoms with Crippen molar-refractivity contribution in [2.45, 2.75) is 45.2 Å². The normalized spacial score (nSPS) is 24.8.